The third-order valence-corrected chi connectivity index (χ3v) is 7.12. The van der Waals surface area contributed by atoms with Crippen LogP contribution in [0.3, 0.4) is 0 Å². The van der Waals surface area contributed by atoms with E-state index in [4.69, 9.17) is 11.6 Å². The minimum Gasteiger partial charge on any atom is -0.354 e. The van der Waals surface area contributed by atoms with Gasteiger partial charge in [0.25, 0.3) is 0 Å². The number of hydrogen-bond acceptors (Lipinski definition) is 5. The Balaban J connectivity index is 0.00000242. The van der Waals surface area contributed by atoms with Crippen LogP contribution in [0.4, 0.5) is 0 Å². The van der Waals surface area contributed by atoms with Crippen LogP contribution in [0.5, 0.6) is 0 Å². The van der Waals surface area contributed by atoms with Crippen molar-refractivity contribution in [3.05, 3.63) is 21.3 Å². The number of carbonyl (C=O) groups is 1. The van der Waals surface area contributed by atoms with Crippen LogP contribution in [0.1, 0.15) is 17.7 Å². The molecule has 1 fully saturated rings. The van der Waals surface area contributed by atoms with Crippen molar-refractivity contribution in [1.29, 1.82) is 0 Å². The molecule has 0 unspecified atom stereocenters. The van der Waals surface area contributed by atoms with Crippen LogP contribution in [-0.2, 0) is 21.1 Å². The smallest absolute Gasteiger partial charge is 0.241 e. The van der Waals surface area contributed by atoms with Crippen LogP contribution < -0.4 is 10.6 Å². The fourth-order valence-electron chi connectivity index (χ4n) is 2.54. The predicted octanol–water partition coefficient (Wildman–Crippen LogP) is 1.65. The molecule has 0 atom stereocenters. The lowest BCUT2D eigenvalue weighted by atomic mass is 9.96. The summed E-state index contributed by atoms with van der Waals surface area (Å²) in [5.41, 5.74) is 0. The molecule has 1 aromatic heterocycles. The van der Waals surface area contributed by atoms with E-state index in [1.165, 1.54) is 11.3 Å². The summed E-state index contributed by atoms with van der Waals surface area (Å²) < 4.78 is 23.6. The van der Waals surface area contributed by atoms with Crippen LogP contribution >= 0.6 is 35.3 Å². The average Bonchev–Trinajstić information content (AvgIpc) is 2.84. The molecule has 0 bridgehead atoms. The third-order valence-electron chi connectivity index (χ3n) is 3.82. The Hall–Kier alpha value is -0.340. The minimum atomic E-state index is -3.45. The van der Waals surface area contributed by atoms with Crippen molar-refractivity contribution in [3.63, 3.8) is 0 Å². The van der Waals surface area contributed by atoms with E-state index in [-0.39, 0.29) is 18.3 Å². The van der Waals surface area contributed by atoms with Gasteiger partial charge in [-0.15, -0.1) is 23.7 Å². The highest BCUT2D eigenvalue weighted by Crippen LogP contribution is 2.28. The second-order valence-electron chi connectivity index (χ2n) is 5.23. The SMILES string of the molecule is CS(=O)(=O)C1(C(=O)NCCc2ccc(Cl)s2)CCNCC1.Cl. The van der Waals surface area contributed by atoms with Gasteiger partial charge in [0.1, 0.15) is 0 Å². The maximum Gasteiger partial charge on any atom is 0.241 e. The molecule has 1 aromatic rings. The fourth-order valence-corrected chi connectivity index (χ4v) is 4.98. The third kappa shape index (κ3) is 4.35. The van der Waals surface area contributed by atoms with Crippen molar-refractivity contribution in [2.75, 3.05) is 25.9 Å². The van der Waals surface area contributed by atoms with Gasteiger partial charge in [-0.3, -0.25) is 4.79 Å². The zero-order valence-corrected chi connectivity index (χ0v) is 15.4. The Bertz CT molecular complexity index is 611. The van der Waals surface area contributed by atoms with E-state index in [0.29, 0.717) is 43.2 Å². The standard InChI is InChI=1S/C13H19ClN2O3S2.ClH/c1-21(18,19)13(5-8-15-9-6-13)12(17)16-7-4-10-2-3-11(14)20-10;/h2-3,15H,4-9H2,1H3,(H,16,17);1H. The number of halogens is 2. The highest BCUT2D eigenvalue weighted by atomic mass is 35.5. The van der Waals surface area contributed by atoms with E-state index in [9.17, 15) is 13.2 Å². The molecule has 0 spiro atoms. The summed E-state index contributed by atoms with van der Waals surface area (Å²) in [7, 11) is -3.45. The second-order valence-corrected chi connectivity index (χ2v) is 9.35. The van der Waals surface area contributed by atoms with Crippen LogP contribution in [0.15, 0.2) is 12.1 Å². The minimum absolute atomic E-state index is 0. The molecule has 0 radical (unpaired) electrons. The maximum absolute atomic E-state index is 12.4. The van der Waals surface area contributed by atoms with E-state index < -0.39 is 14.6 Å². The number of carbonyl (C=O) groups excluding carboxylic acids is 1. The zero-order valence-electron chi connectivity index (χ0n) is 12.2. The molecule has 0 aromatic carbocycles. The number of sulfone groups is 1. The van der Waals surface area contributed by atoms with E-state index in [1.807, 2.05) is 12.1 Å². The Kier molecular flexibility index (Phi) is 7.14. The number of nitrogens with one attached hydrogen (secondary N) is 2. The molecular weight excluding hydrogens is 367 g/mol. The molecule has 22 heavy (non-hydrogen) atoms. The highest BCUT2D eigenvalue weighted by Gasteiger charge is 2.48. The number of rotatable bonds is 5. The predicted molar refractivity (Wildman–Crippen MR) is 93.0 cm³/mol. The van der Waals surface area contributed by atoms with Crippen molar-refractivity contribution in [1.82, 2.24) is 10.6 Å². The van der Waals surface area contributed by atoms with Crippen molar-refractivity contribution < 1.29 is 13.2 Å². The van der Waals surface area contributed by atoms with Gasteiger partial charge in [0, 0.05) is 17.7 Å². The highest BCUT2D eigenvalue weighted by molar-refractivity contribution is 7.92. The molecule has 2 N–H and O–H groups in total. The summed E-state index contributed by atoms with van der Waals surface area (Å²) in [6.07, 6.45) is 2.45. The summed E-state index contributed by atoms with van der Waals surface area (Å²) in [5, 5.41) is 5.87. The summed E-state index contributed by atoms with van der Waals surface area (Å²) in [6, 6.07) is 3.73. The quantitative estimate of drug-likeness (QED) is 0.806. The number of piperidine rings is 1. The van der Waals surface area contributed by atoms with Crippen LogP contribution in [-0.4, -0.2) is 45.0 Å². The number of thiophene rings is 1. The Morgan fingerprint density at radius 2 is 2.05 bits per heavy atom. The normalized spacial score (nSPS) is 17.5. The molecule has 1 aliphatic rings. The zero-order chi connectivity index (χ0) is 15.5. The van der Waals surface area contributed by atoms with Gasteiger partial charge < -0.3 is 10.6 Å². The largest absolute Gasteiger partial charge is 0.354 e. The summed E-state index contributed by atoms with van der Waals surface area (Å²) in [4.78, 5) is 13.5. The summed E-state index contributed by atoms with van der Waals surface area (Å²) >= 11 is 7.32. The summed E-state index contributed by atoms with van der Waals surface area (Å²) in [6.45, 7) is 1.50. The molecule has 9 heteroatoms. The first kappa shape index (κ1) is 19.7. The molecular formula is C13H20Cl2N2O3S2. The van der Waals surface area contributed by atoms with Gasteiger partial charge in [-0.1, -0.05) is 11.6 Å². The van der Waals surface area contributed by atoms with Crippen LogP contribution in [0.2, 0.25) is 4.34 Å². The first-order chi connectivity index (χ1) is 9.85. The van der Waals surface area contributed by atoms with Crippen molar-refractivity contribution in [2.24, 2.45) is 0 Å². The Labute approximate surface area is 146 Å². The first-order valence-corrected chi connectivity index (χ1v) is 9.86. The lowest BCUT2D eigenvalue weighted by molar-refractivity contribution is -0.124. The second kappa shape index (κ2) is 7.97. The monoisotopic (exact) mass is 386 g/mol. The lowest BCUT2D eigenvalue weighted by Gasteiger charge is -2.34. The molecule has 2 heterocycles. The van der Waals surface area contributed by atoms with Crippen molar-refractivity contribution in [3.8, 4) is 0 Å². The molecule has 0 aliphatic carbocycles. The molecule has 1 saturated heterocycles. The van der Waals surface area contributed by atoms with Crippen LogP contribution in [0.25, 0.3) is 0 Å². The van der Waals surface area contributed by atoms with E-state index in [2.05, 4.69) is 10.6 Å². The first-order valence-electron chi connectivity index (χ1n) is 6.78. The van der Waals surface area contributed by atoms with Gasteiger partial charge in [0.2, 0.25) is 5.91 Å². The topological polar surface area (TPSA) is 75.3 Å². The molecule has 126 valence electrons. The molecule has 2 rings (SSSR count). The van der Waals surface area contributed by atoms with Gasteiger partial charge in [-0.2, -0.15) is 0 Å². The van der Waals surface area contributed by atoms with Gasteiger partial charge in [0.05, 0.1) is 4.34 Å². The van der Waals surface area contributed by atoms with E-state index in [0.717, 1.165) is 11.1 Å². The van der Waals surface area contributed by atoms with Gasteiger partial charge in [0.15, 0.2) is 14.6 Å². The van der Waals surface area contributed by atoms with Gasteiger partial charge >= 0.3 is 0 Å². The molecule has 0 saturated carbocycles. The Morgan fingerprint density at radius 3 is 2.55 bits per heavy atom. The Morgan fingerprint density at radius 1 is 1.41 bits per heavy atom. The molecule has 1 aliphatic heterocycles. The van der Waals surface area contributed by atoms with Crippen LogP contribution in [0, 0.1) is 0 Å². The van der Waals surface area contributed by atoms with Gasteiger partial charge in [-0.25, -0.2) is 8.42 Å². The van der Waals surface area contributed by atoms with E-state index in [1.54, 1.807) is 0 Å². The lowest BCUT2D eigenvalue weighted by Crippen LogP contribution is -2.57. The summed E-state index contributed by atoms with van der Waals surface area (Å²) in [5.74, 6) is -0.380. The maximum atomic E-state index is 12.4. The number of hydrogen-bond donors (Lipinski definition) is 2. The average molecular weight is 387 g/mol. The fraction of sp³-hybridized carbons (Fsp3) is 0.615. The molecule has 1 amide bonds. The number of amides is 1. The van der Waals surface area contributed by atoms with Crippen molar-refractivity contribution in [2.45, 2.75) is 24.0 Å². The van der Waals surface area contributed by atoms with Crippen molar-refractivity contribution >= 4 is 51.1 Å². The van der Waals surface area contributed by atoms with Gasteiger partial charge in [-0.05, 0) is 44.5 Å². The van der Waals surface area contributed by atoms with E-state index >= 15 is 0 Å². The molecule has 5 nitrogen and oxygen atoms in total.